The van der Waals surface area contributed by atoms with Crippen molar-refractivity contribution in [2.24, 2.45) is 0 Å². The minimum Gasteiger partial charge on any atom is -0.330 e. The van der Waals surface area contributed by atoms with Crippen molar-refractivity contribution in [2.45, 2.75) is 38.4 Å². The van der Waals surface area contributed by atoms with E-state index in [-0.39, 0.29) is 11.9 Å². The molecule has 0 saturated heterocycles. The molecule has 164 valence electrons. The zero-order valence-electron chi connectivity index (χ0n) is 18.2. The molecule has 4 aromatic rings. The normalized spacial score (nSPS) is 15.7. The van der Waals surface area contributed by atoms with Gasteiger partial charge in [0.2, 0.25) is 5.91 Å². The van der Waals surface area contributed by atoms with Crippen LogP contribution in [0.2, 0.25) is 0 Å². The third-order valence-corrected chi connectivity index (χ3v) is 8.66. The molecular weight excluding hydrogens is 456 g/mol. The van der Waals surface area contributed by atoms with E-state index in [1.54, 1.807) is 22.7 Å². The van der Waals surface area contributed by atoms with Gasteiger partial charge in [0.25, 0.3) is 0 Å². The first-order chi connectivity index (χ1) is 15.5. The van der Waals surface area contributed by atoms with Gasteiger partial charge in [0, 0.05) is 16.3 Å². The number of carbonyl (C=O) groups is 1. The van der Waals surface area contributed by atoms with Crippen LogP contribution >= 0.6 is 34.4 Å². The number of hydrogen-bond donors (Lipinski definition) is 0. The Balaban J connectivity index is 1.40. The van der Waals surface area contributed by atoms with Gasteiger partial charge in [-0.3, -0.25) is 9.36 Å². The third kappa shape index (κ3) is 3.91. The van der Waals surface area contributed by atoms with Crippen LogP contribution in [0.15, 0.2) is 52.3 Å². The highest BCUT2D eigenvalue weighted by molar-refractivity contribution is 7.99. The average Bonchev–Trinajstić information content (AvgIpc) is 3.54. The highest BCUT2D eigenvalue weighted by Crippen LogP contribution is 2.40. The van der Waals surface area contributed by atoms with Crippen LogP contribution in [0.5, 0.6) is 0 Å². The summed E-state index contributed by atoms with van der Waals surface area (Å²) in [5.41, 5.74) is 4.69. The Morgan fingerprint density at radius 1 is 1.12 bits per heavy atom. The molecule has 1 aliphatic rings. The number of hydrogen-bond acceptors (Lipinski definition) is 6. The van der Waals surface area contributed by atoms with Crippen molar-refractivity contribution in [1.82, 2.24) is 19.7 Å². The first kappa shape index (κ1) is 21.4. The zero-order valence-corrected chi connectivity index (χ0v) is 20.7. The van der Waals surface area contributed by atoms with Gasteiger partial charge in [-0.2, -0.15) is 0 Å². The summed E-state index contributed by atoms with van der Waals surface area (Å²) in [4.78, 5) is 18.1. The number of amides is 1. The van der Waals surface area contributed by atoms with Crippen molar-refractivity contribution in [2.75, 3.05) is 12.3 Å². The van der Waals surface area contributed by atoms with Gasteiger partial charge in [-0.05, 0) is 72.8 Å². The maximum atomic E-state index is 13.4. The summed E-state index contributed by atoms with van der Waals surface area (Å²) in [5, 5.41) is 13.7. The Hall–Kier alpha value is -2.42. The molecule has 1 unspecified atom stereocenters. The minimum atomic E-state index is 0.0109. The summed E-state index contributed by atoms with van der Waals surface area (Å²) >= 11 is 4.98. The Labute approximate surface area is 200 Å². The van der Waals surface area contributed by atoms with Crippen LogP contribution in [0.4, 0.5) is 0 Å². The maximum Gasteiger partial charge on any atom is 0.233 e. The van der Waals surface area contributed by atoms with Crippen LogP contribution in [-0.4, -0.2) is 37.9 Å². The molecule has 1 aliphatic heterocycles. The third-order valence-electron chi connectivity index (χ3n) is 5.82. The van der Waals surface area contributed by atoms with Crippen LogP contribution < -0.4 is 0 Å². The fourth-order valence-corrected chi connectivity index (χ4v) is 6.86. The predicted octanol–water partition coefficient (Wildman–Crippen LogP) is 5.58. The topological polar surface area (TPSA) is 51.0 Å². The van der Waals surface area contributed by atoms with Crippen molar-refractivity contribution in [3.8, 4) is 5.69 Å². The first-order valence-corrected chi connectivity index (χ1v) is 13.3. The van der Waals surface area contributed by atoms with Gasteiger partial charge in [-0.15, -0.1) is 32.9 Å². The van der Waals surface area contributed by atoms with E-state index >= 15 is 0 Å². The zero-order chi connectivity index (χ0) is 22.2. The fraction of sp³-hybridized carbons (Fsp3) is 0.292. The van der Waals surface area contributed by atoms with Crippen LogP contribution in [0.25, 0.3) is 5.69 Å². The van der Waals surface area contributed by atoms with E-state index in [4.69, 9.17) is 0 Å². The van der Waals surface area contributed by atoms with Gasteiger partial charge < -0.3 is 4.90 Å². The number of fused-ring (bicyclic) bond motifs is 1. The molecule has 1 aromatic carbocycles. The summed E-state index contributed by atoms with van der Waals surface area (Å²) in [6.45, 7) is 6.87. The van der Waals surface area contributed by atoms with Crippen LogP contribution in [0.3, 0.4) is 0 Å². The number of benzene rings is 1. The summed E-state index contributed by atoms with van der Waals surface area (Å²) in [5.74, 6) is 1.30. The Morgan fingerprint density at radius 2 is 2.00 bits per heavy atom. The van der Waals surface area contributed by atoms with Gasteiger partial charge in [-0.1, -0.05) is 30.0 Å². The number of nitrogens with zero attached hydrogens (tertiary/aromatic N) is 4. The molecule has 5 rings (SSSR count). The second-order valence-electron chi connectivity index (χ2n) is 8.00. The molecule has 0 N–H and O–H groups in total. The molecule has 32 heavy (non-hydrogen) atoms. The molecule has 1 atom stereocenters. The monoisotopic (exact) mass is 480 g/mol. The van der Waals surface area contributed by atoms with Gasteiger partial charge >= 0.3 is 0 Å². The quantitative estimate of drug-likeness (QED) is 0.350. The van der Waals surface area contributed by atoms with Crippen molar-refractivity contribution in [3.63, 3.8) is 0 Å². The van der Waals surface area contributed by atoms with Crippen molar-refractivity contribution in [3.05, 3.63) is 79.4 Å². The van der Waals surface area contributed by atoms with Gasteiger partial charge in [0.05, 0.1) is 17.5 Å². The van der Waals surface area contributed by atoms with E-state index in [9.17, 15) is 4.79 Å². The van der Waals surface area contributed by atoms with Gasteiger partial charge in [0.1, 0.15) is 5.82 Å². The van der Waals surface area contributed by atoms with Crippen molar-refractivity contribution in [1.29, 1.82) is 0 Å². The lowest BCUT2D eigenvalue weighted by Gasteiger charge is -2.35. The lowest BCUT2D eigenvalue weighted by atomic mass is 9.98. The van der Waals surface area contributed by atoms with E-state index < -0.39 is 0 Å². The number of carbonyl (C=O) groups excluding carboxylic acids is 1. The Kier molecular flexibility index (Phi) is 5.92. The second kappa shape index (κ2) is 8.84. The molecule has 0 spiro atoms. The molecule has 0 bridgehead atoms. The number of thioether (sulfide) groups is 1. The van der Waals surface area contributed by atoms with E-state index in [0.717, 1.165) is 35.2 Å². The summed E-state index contributed by atoms with van der Waals surface area (Å²) in [6, 6.07) is 12.8. The van der Waals surface area contributed by atoms with Gasteiger partial charge in [-0.25, -0.2) is 0 Å². The maximum absolute atomic E-state index is 13.4. The van der Waals surface area contributed by atoms with Gasteiger partial charge in [0.15, 0.2) is 5.16 Å². The second-order valence-corrected chi connectivity index (χ2v) is 10.9. The first-order valence-electron chi connectivity index (χ1n) is 10.5. The number of rotatable bonds is 5. The molecule has 1 amide bonds. The fourth-order valence-electron chi connectivity index (χ4n) is 4.22. The minimum absolute atomic E-state index is 0.0109. The lowest BCUT2D eigenvalue weighted by molar-refractivity contribution is -0.130. The summed E-state index contributed by atoms with van der Waals surface area (Å²) in [7, 11) is 0. The Morgan fingerprint density at radius 3 is 2.81 bits per heavy atom. The highest BCUT2D eigenvalue weighted by atomic mass is 32.2. The molecule has 8 heteroatoms. The highest BCUT2D eigenvalue weighted by Gasteiger charge is 2.33. The molecule has 0 saturated carbocycles. The van der Waals surface area contributed by atoms with E-state index in [1.807, 2.05) is 11.8 Å². The predicted molar refractivity (Wildman–Crippen MR) is 132 cm³/mol. The molecule has 5 nitrogen and oxygen atoms in total. The molecule has 4 heterocycles. The Bertz CT molecular complexity index is 1260. The molecule has 0 fully saturated rings. The number of aromatic nitrogens is 3. The van der Waals surface area contributed by atoms with E-state index in [2.05, 4.69) is 75.8 Å². The molecular formula is C24H24N4OS3. The van der Waals surface area contributed by atoms with Crippen molar-refractivity contribution >= 4 is 40.3 Å². The molecule has 0 radical (unpaired) electrons. The molecule has 0 aliphatic carbocycles. The summed E-state index contributed by atoms with van der Waals surface area (Å²) in [6.07, 6.45) is 0.920. The van der Waals surface area contributed by atoms with Crippen LogP contribution in [0.1, 0.15) is 38.3 Å². The van der Waals surface area contributed by atoms with Crippen LogP contribution in [0, 0.1) is 20.8 Å². The largest absolute Gasteiger partial charge is 0.330 e. The average molecular weight is 481 g/mol. The lowest BCUT2D eigenvalue weighted by Crippen LogP contribution is -2.40. The SMILES string of the molecule is Cc1ccc(C)c(-n2c(C)nnc2SCC(=O)N2CCc3sccc3C2c2cccs2)c1. The van der Waals surface area contributed by atoms with E-state index in [0.29, 0.717) is 5.75 Å². The summed E-state index contributed by atoms with van der Waals surface area (Å²) < 4.78 is 2.06. The molecule has 3 aromatic heterocycles. The number of aryl methyl sites for hydroxylation is 3. The van der Waals surface area contributed by atoms with E-state index in [1.165, 1.54) is 32.6 Å². The number of thiophene rings is 2. The van der Waals surface area contributed by atoms with Crippen LogP contribution in [-0.2, 0) is 11.2 Å². The standard InChI is InChI=1S/C24H24N4OS3/c1-15-6-7-16(2)19(13-15)28-17(3)25-26-24(28)32-14-22(29)27-10-8-20-18(9-12-31-20)23(27)21-5-4-11-30-21/h4-7,9,11-13,23H,8,10,14H2,1-3H3. The smallest absolute Gasteiger partial charge is 0.233 e. The van der Waals surface area contributed by atoms with Crippen molar-refractivity contribution < 1.29 is 4.79 Å².